The molecule has 0 spiro atoms. The van der Waals surface area contributed by atoms with Crippen LogP contribution in [0.5, 0.6) is 0 Å². The Morgan fingerprint density at radius 1 is 1.39 bits per heavy atom. The highest BCUT2D eigenvalue weighted by Crippen LogP contribution is 2.18. The van der Waals surface area contributed by atoms with Crippen molar-refractivity contribution in [3.63, 3.8) is 0 Å². The lowest BCUT2D eigenvalue weighted by Crippen LogP contribution is -2.32. The molecule has 0 aromatic carbocycles. The van der Waals surface area contributed by atoms with Gasteiger partial charge in [-0.15, -0.1) is 0 Å². The van der Waals surface area contributed by atoms with Crippen LogP contribution in [-0.2, 0) is 0 Å². The van der Waals surface area contributed by atoms with Crippen LogP contribution in [0.2, 0.25) is 0 Å². The Hall–Kier alpha value is -1.65. The number of hydrogen-bond acceptors (Lipinski definition) is 4. The summed E-state index contributed by atoms with van der Waals surface area (Å²) in [5.74, 6) is 0.812. The zero-order chi connectivity index (χ0) is 13.5. The van der Waals surface area contributed by atoms with Crippen molar-refractivity contribution in [2.75, 3.05) is 11.4 Å². The van der Waals surface area contributed by atoms with Gasteiger partial charge in [-0.05, 0) is 26.3 Å². The molecular formula is C13H21N3O2. The van der Waals surface area contributed by atoms with Gasteiger partial charge in [0.05, 0.1) is 4.92 Å². The summed E-state index contributed by atoms with van der Waals surface area (Å²) in [5, 5.41) is 10.6. The van der Waals surface area contributed by atoms with Crippen LogP contribution in [0.1, 0.15) is 40.0 Å². The number of nitro groups is 1. The molecule has 0 amide bonds. The van der Waals surface area contributed by atoms with E-state index in [4.69, 9.17) is 0 Å². The SMILES string of the molecule is CCCCCN(c1ccc([N+](=O)[O-])cn1)C(C)C. The molecule has 0 aliphatic carbocycles. The van der Waals surface area contributed by atoms with E-state index in [2.05, 4.69) is 30.7 Å². The Balaban J connectivity index is 2.75. The Labute approximate surface area is 108 Å². The molecule has 0 unspecified atom stereocenters. The van der Waals surface area contributed by atoms with E-state index in [0.717, 1.165) is 18.8 Å². The first-order valence-electron chi connectivity index (χ1n) is 6.43. The molecule has 0 aliphatic heterocycles. The molecule has 0 fully saturated rings. The quantitative estimate of drug-likeness (QED) is 0.423. The van der Waals surface area contributed by atoms with Gasteiger partial charge in [0.2, 0.25) is 0 Å². The van der Waals surface area contributed by atoms with Crippen LogP contribution in [0.15, 0.2) is 18.3 Å². The van der Waals surface area contributed by atoms with E-state index < -0.39 is 4.92 Å². The molecule has 1 aromatic heterocycles. The maximum Gasteiger partial charge on any atom is 0.287 e. The Bertz CT molecular complexity index is 376. The van der Waals surface area contributed by atoms with Crippen molar-refractivity contribution < 1.29 is 4.92 Å². The fraction of sp³-hybridized carbons (Fsp3) is 0.615. The minimum atomic E-state index is -0.423. The van der Waals surface area contributed by atoms with Crippen molar-refractivity contribution in [3.8, 4) is 0 Å². The number of aromatic nitrogens is 1. The van der Waals surface area contributed by atoms with Crippen molar-refractivity contribution in [3.05, 3.63) is 28.4 Å². The zero-order valence-corrected chi connectivity index (χ0v) is 11.3. The van der Waals surface area contributed by atoms with Gasteiger partial charge in [-0.2, -0.15) is 0 Å². The van der Waals surface area contributed by atoms with E-state index in [1.54, 1.807) is 6.07 Å². The third-order valence-electron chi connectivity index (χ3n) is 2.86. The first kappa shape index (κ1) is 14.4. The minimum absolute atomic E-state index is 0.0380. The maximum atomic E-state index is 10.6. The number of hydrogen-bond donors (Lipinski definition) is 0. The highest BCUT2D eigenvalue weighted by atomic mass is 16.6. The highest BCUT2D eigenvalue weighted by molar-refractivity contribution is 5.43. The largest absolute Gasteiger partial charge is 0.354 e. The van der Waals surface area contributed by atoms with Crippen molar-refractivity contribution in [1.29, 1.82) is 0 Å². The molecule has 100 valence electrons. The van der Waals surface area contributed by atoms with E-state index in [9.17, 15) is 10.1 Å². The van der Waals surface area contributed by atoms with Gasteiger partial charge >= 0.3 is 0 Å². The molecule has 0 atom stereocenters. The second kappa shape index (κ2) is 6.93. The fourth-order valence-corrected chi connectivity index (χ4v) is 1.83. The number of nitrogens with zero attached hydrogens (tertiary/aromatic N) is 3. The van der Waals surface area contributed by atoms with Gasteiger partial charge < -0.3 is 4.90 Å². The van der Waals surface area contributed by atoms with Gasteiger partial charge in [-0.3, -0.25) is 10.1 Å². The van der Waals surface area contributed by atoms with Crippen LogP contribution >= 0.6 is 0 Å². The van der Waals surface area contributed by atoms with Gasteiger partial charge in [-0.25, -0.2) is 4.98 Å². The van der Waals surface area contributed by atoms with E-state index in [-0.39, 0.29) is 5.69 Å². The van der Waals surface area contributed by atoms with Crippen molar-refractivity contribution in [2.24, 2.45) is 0 Å². The Morgan fingerprint density at radius 3 is 2.56 bits per heavy atom. The molecular weight excluding hydrogens is 230 g/mol. The summed E-state index contributed by atoms with van der Waals surface area (Å²) < 4.78 is 0. The van der Waals surface area contributed by atoms with Gasteiger partial charge in [0.1, 0.15) is 12.0 Å². The van der Waals surface area contributed by atoms with Crippen molar-refractivity contribution in [2.45, 2.75) is 46.1 Å². The summed E-state index contributed by atoms with van der Waals surface area (Å²) in [5.41, 5.74) is 0.0380. The smallest absolute Gasteiger partial charge is 0.287 e. The zero-order valence-electron chi connectivity index (χ0n) is 11.3. The van der Waals surface area contributed by atoms with Gasteiger partial charge in [-0.1, -0.05) is 19.8 Å². The average molecular weight is 251 g/mol. The fourth-order valence-electron chi connectivity index (χ4n) is 1.83. The number of pyridine rings is 1. The number of unbranched alkanes of at least 4 members (excludes halogenated alkanes) is 2. The molecule has 0 saturated carbocycles. The summed E-state index contributed by atoms with van der Waals surface area (Å²) in [6.07, 6.45) is 4.81. The summed E-state index contributed by atoms with van der Waals surface area (Å²) in [4.78, 5) is 16.5. The highest BCUT2D eigenvalue weighted by Gasteiger charge is 2.13. The van der Waals surface area contributed by atoms with Gasteiger partial charge in [0, 0.05) is 18.7 Å². The van der Waals surface area contributed by atoms with Crippen LogP contribution in [0.3, 0.4) is 0 Å². The lowest BCUT2D eigenvalue weighted by Gasteiger charge is -2.27. The lowest BCUT2D eigenvalue weighted by atomic mass is 10.2. The predicted octanol–water partition coefficient (Wildman–Crippen LogP) is 3.39. The number of rotatable bonds is 7. The first-order valence-corrected chi connectivity index (χ1v) is 6.43. The van der Waals surface area contributed by atoms with Crippen LogP contribution in [0.4, 0.5) is 11.5 Å². The Morgan fingerprint density at radius 2 is 2.11 bits per heavy atom. The van der Waals surface area contributed by atoms with Crippen LogP contribution in [0.25, 0.3) is 0 Å². The molecule has 0 bridgehead atoms. The Kier molecular flexibility index (Phi) is 5.55. The van der Waals surface area contributed by atoms with E-state index in [1.807, 2.05) is 0 Å². The summed E-state index contributed by atoms with van der Waals surface area (Å²) in [6.45, 7) is 7.32. The van der Waals surface area contributed by atoms with E-state index in [1.165, 1.54) is 25.1 Å². The van der Waals surface area contributed by atoms with Crippen LogP contribution in [-0.4, -0.2) is 22.5 Å². The summed E-state index contributed by atoms with van der Waals surface area (Å²) in [6, 6.07) is 3.58. The molecule has 5 nitrogen and oxygen atoms in total. The van der Waals surface area contributed by atoms with E-state index in [0.29, 0.717) is 6.04 Å². The van der Waals surface area contributed by atoms with Crippen molar-refractivity contribution >= 4 is 11.5 Å². The normalized spacial score (nSPS) is 10.7. The third-order valence-corrected chi connectivity index (χ3v) is 2.86. The first-order chi connectivity index (χ1) is 8.56. The minimum Gasteiger partial charge on any atom is -0.354 e. The topological polar surface area (TPSA) is 59.3 Å². The molecule has 1 rings (SSSR count). The molecule has 0 radical (unpaired) electrons. The van der Waals surface area contributed by atoms with Crippen LogP contribution < -0.4 is 4.90 Å². The summed E-state index contributed by atoms with van der Waals surface area (Å²) in [7, 11) is 0. The van der Waals surface area contributed by atoms with E-state index >= 15 is 0 Å². The molecule has 0 N–H and O–H groups in total. The lowest BCUT2D eigenvalue weighted by molar-refractivity contribution is -0.385. The molecule has 5 heteroatoms. The monoisotopic (exact) mass is 251 g/mol. The van der Waals surface area contributed by atoms with Crippen LogP contribution in [0, 0.1) is 10.1 Å². The summed E-state index contributed by atoms with van der Waals surface area (Å²) >= 11 is 0. The predicted molar refractivity (Wildman–Crippen MR) is 72.9 cm³/mol. The van der Waals surface area contributed by atoms with Gasteiger partial charge in [0.25, 0.3) is 5.69 Å². The molecule has 0 aliphatic rings. The average Bonchev–Trinajstić information content (AvgIpc) is 2.34. The van der Waals surface area contributed by atoms with Crippen molar-refractivity contribution in [1.82, 2.24) is 4.98 Å². The molecule has 1 heterocycles. The second-order valence-electron chi connectivity index (χ2n) is 4.63. The second-order valence-corrected chi connectivity index (χ2v) is 4.63. The molecule has 1 aromatic rings. The molecule has 0 saturated heterocycles. The third kappa shape index (κ3) is 3.98. The number of anilines is 1. The standard InChI is InChI=1S/C13H21N3O2/c1-4-5-6-9-15(11(2)3)13-8-7-12(10-14-13)16(17)18/h7-8,10-11H,4-6,9H2,1-3H3. The maximum absolute atomic E-state index is 10.6. The van der Waals surface area contributed by atoms with Gasteiger partial charge in [0.15, 0.2) is 0 Å². The molecule has 18 heavy (non-hydrogen) atoms.